The molecule has 0 radical (unpaired) electrons. The summed E-state index contributed by atoms with van der Waals surface area (Å²) in [6.07, 6.45) is 1.55. The van der Waals surface area contributed by atoms with Gasteiger partial charge in [-0.15, -0.1) is 0 Å². The van der Waals surface area contributed by atoms with Crippen molar-refractivity contribution in [2.24, 2.45) is 0 Å². The summed E-state index contributed by atoms with van der Waals surface area (Å²) >= 11 is 0. The number of carbonyl (C=O) groups is 3. The Bertz CT molecular complexity index is 1180. The molecular weight excluding hydrogens is 392 g/mol. The molecule has 0 spiro atoms. The van der Waals surface area contributed by atoms with Crippen molar-refractivity contribution in [1.29, 1.82) is 0 Å². The third-order valence-electron chi connectivity index (χ3n) is 4.99. The van der Waals surface area contributed by atoms with Crippen molar-refractivity contribution in [2.75, 3.05) is 12.4 Å². The zero-order valence-electron chi connectivity index (χ0n) is 16.8. The number of anilines is 1. The van der Waals surface area contributed by atoms with Crippen LogP contribution < -0.4 is 15.4 Å². The van der Waals surface area contributed by atoms with E-state index in [4.69, 9.17) is 4.74 Å². The lowest BCUT2D eigenvalue weighted by Gasteiger charge is -2.19. The third kappa shape index (κ3) is 4.38. The van der Waals surface area contributed by atoms with Gasteiger partial charge in [0.05, 0.1) is 18.4 Å². The van der Waals surface area contributed by atoms with Crippen molar-refractivity contribution in [3.8, 4) is 5.75 Å². The summed E-state index contributed by atoms with van der Waals surface area (Å²) in [5, 5.41) is 5.56. The zero-order chi connectivity index (χ0) is 21.8. The minimum atomic E-state index is -0.460. The highest BCUT2D eigenvalue weighted by atomic mass is 16.5. The molecule has 0 aromatic heterocycles. The molecule has 1 aliphatic rings. The zero-order valence-corrected chi connectivity index (χ0v) is 16.8. The van der Waals surface area contributed by atoms with Gasteiger partial charge in [-0.1, -0.05) is 42.5 Å². The van der Waals surface area contributed by atoms with E-state index < -0.39 is 11.7 Å². The second kappa shape index (κ2) is 8.67. The first kappa shape index (κ1) is 20.1. The van der Waals surface area contributed by atoms with Crippen LogP contribution in [0, 0.1) is 0 Å². The number of ether oxygens (including phenoxy) is 1. The molecule has 4 rings (SSSR count). The van der Waals surface area contributed by atoms with Crippen LogP contribution in [0.3, 0.4) is 0 Å². The minimum absolute atomic E-state index is 0.0366. The summed E-state index contributed by atoms with van der Waals surface area (Å²) < 4.78 is 5.13. The van der Waals surface area contributed by atoms with E-state index in [9.17, 15) is 14.4 Å². The van der Waals surface area contributed by atoms with Gasteiger partial charge < -0.3 is 15.4 Å². The predicted molar refractivity (Wildman–Crippen MR) is 118 cm³/mol. The standard InChI is InChI=1S/C25H20N2O4/c1-31-19-10-7-17(8-11-19)15-26-24(29)18-9-12-22-20(14-18)23(28)21(25(30)27-22)13-16-5-3-2-4-6-16/h2-14H,15H2,1H3,(H,26,29)(H,27,30)/b21-13-. The van der Waals surface area contributed by atoms with Crippen molar-refractivity contribution in [3.63, 3.8) is 0 Å². The summed E-state index contributed by atoms with van der Waals surface area (Å²) in [5.41, 5.74) is 2.73. The van der Waals surface area contributed by atoms with Crippen LogP contribution >= 0.6 is 0 Å². The Hall–Kier alpha value is -4.19. The van der Waals surface area contributed by atoms with Crippen LogP contribution in [0.2, 0.25) is 0 Å². The van der Waals surface area contributed by atoms with Gasteiger partial charge in [-0.3, -0.25) is 14.4 Å². The highest BCUT2D eigenvalue weighted by Crippen LogP contribution is 2.27. The molecule has 1 heterocycles. The molecule has 0 fully saturated rings. The van der Waals surface area contributed by atoms with Crippen molar-refractivity contribution < 1.29 is 19.1 Å². The fourth-order valence-electron chi connectivity index (χ4n) is 3.30. The second-order valence-corrected chi connectivity index (χ2v) is 7.04. The average Bonchev–Trinajstić information content (AvgIpc) is 2.81. The first-order valence-corrected chi connectivity index (χ1v) is 9.73. The van der Waals surface area contributed by atoms with Crippen molar-refractivity contribution in [1.82, 2.24) is 5.32 Å². The van der Waals surface area contributed by atoms with Crippen molar-refractivity contribution in [2.45, 2.75) is 6.54 Å². The molecule has 0 bridgehead atoms. The predicted octanol–water partition coefficient (Wildman–Crippen LogP) is 3.84. The van der Waals surface area contributed by atoms with Gasteiger partial charge in [0, 0.05) is 17.7 Å². The van der Waals surface area contributed by atoms with Crippen molar-refractivity contribution >= 4 is 29.4 Å². The Balaban J connectivity index is 1.53. The molecule has 0 unspecified atom stereocenters. The molecule has 6 heteroatoms. The van der Waals surface area contributed by atoms with Gasteiger partial charge in [0.15, 0.2) is 0 Å². The number of carbonyl (C=O) groups excluding carboxylic acids is 3. The Morgan fingerprint density at radius 1 is 1.00 bits per heavy atom. The van der Waals surface area contributed by atoms with Crippen LogP contribution in [0.25, 0.3) is 6.08 Å². The maximum atomic E-state index is 13.0. The van der Waals surface area contributed by atoms with E-state index in [1.165, 1.54) is 6.07 Å². The molecule has 3 aromatic carbocycles. The molecular formula is C25H20N2O4. The number of rotatable bonds is 5. The molecule has 0 atom stereocenters. The van der Waals surface area contributed by atoms with Gasteiger partial charge in [-0.2, -0.15) is 0 Å². The Kier molecular flexibility index (Phi) is 5.62. The van der Waals surface area contributed by atoms with Gasteiger partial charge in [-0.25, -0.2) is 0 Å². The summed E-state index contributed by atoms with van der Waals surface area (Å²) in [7, 11) is 1.59. The van der Waals surface area contributed by atoms with E-state index in [0.717, 1.165) is 16.9 Å². The maximum Gasteiger partial charge on any atom is 0.259 e. The lowest BCUT2D eigenvalue weighted by molar-refractivity contribution is -0.112. The summed E-state index contributed by atoms with van der Waals surface area (Å²) in [5.74, 6) is -0.438. The van der Waals surface area contributed by atoms with Crippen molar-refractivity contribution in [3.05, 3.63) is 101 Å². The average molecular weight is 412 g/mol. The number of amides is 2. The van der Waals surface area contributed by atoms with Crippen LogP contribution in [-0.2, 0) is 11.3 Å². The third-order valence-corrected chi connectivity index (χ3v) is 4.99. The number of benzene rings is 3. The molecule has 2 amide bonds. The Morgan fingerprint density at radius 3 is 2.45 bits per heavy atom. The molecule has 6 nitrogen and oxygen atoms in total. The van der Waals surface area contributed by atoms with E-state index >= 15 is 0 Å². The first-order chi connectivity index (χ1) is 15.0. The van der Waals surface area contributed by atoms with E-state index in [1.54, 1.807) is 25.3 Å². The van der Waals surface area contributed by atoms with Gasteiger partial charge >= 0.3 is 0 Å². The number of Topliss-reactive ketones (excluding diaryl/α,β-unsaturated/α-hetero) is 1. The second-order valence-electron chi connectivity index (χ2n) is 7.04. The normalized spacial score (nSPS) is 14.0. The fourth-order valence-corrected chi connectivity index (χ4v) is 3.30. The van der Waals surface area contributed by atoms with Gasteiger partial charge in [-0.05, 0) is 47.5 Å². The highest BCUT2D eigenvalue weighted by Gasteiger charge is 2.29. The largest absolute Gasteiger partial charge is 0.497 e. The lowest BCUT2D eigenvalue weighted by Crippen LogP contribution is -2.28. The smallest absolute Gasteiger partial charge is 0.259 e. The number of hydrogen-bond donors (Lipinski definition) is 2. The molecule has 2 N–H and O–H groups in total. The van der Waals surface area contributed by atoms with Crippen LogP contribution in [0.1, 0.15) is 31.8 Å². The number of hydrogen-bond acceptors (Lipinski definition) is 4. The van der Waals surface area contributed by atoms with E-state index in [2.05, 4.69) is 10.6 Å². The maximum absolute atomic E-state index is 13.0. The number of methoxy groups -OCH3 is 1. The summed E-state index contributed by atoms with van der Waals surface area (Å²) in [6, 6.07) is 21.2. The minimum Gasteiger partial charge on any atom is -0.497 e. The number of nitrogens with one attached hydrogen (secondary N) is 2. The SMILES string of the molecule is COc1ccc(CNC(=O)c2ccc3c(c2)C(=O)/C(=C/c2ccccc2)C(=O)N3)cc1. The highest BCUT2D eigenvalue weighted by molar-refractivity contribution is 6.36. The topological polar surface area (TPSA) is 84.5 Å². The first-order valence-electron chi connectivity index (χ1n) is 9.73. The fraction of sp³-hybridized carbons (Fsp3) is 0.0800. The quantitative estimate of drug-likeness (QED) is 0.493. The Labute approximate surface area is 179 Å². The molecule has 31 heavy (non-hydrogen) atoms. The number of ketones is 1. The monoisotopic (exact) mass is 412 g/mol. The number of fused-ring (bicyclic) bond motifs is 1. The Morgan fingerprint density at radius 2 is 1.74 bits per heavy atom. The molecule has 154 valence electrons. The molecule has 0 aliphatic carbocycles. The van der Waals surface area contributed by atoms with Gasteiger partial charge in [0.2, 0.25) is 5.78 Å². The molecule has 3 aromatic rings. The van der Waals surface area contributed by atoms with E-state index in [-0.39, 0.29) is 11.5 Å². The van der Waals surface area contributed by atoms with Gasteiger partial charge in [0.1, 0.15) is 5.75 Å². The van der Waals surface area contributed by atoms with Crippen LogP contribution in [0.15, 0.2) is 78.4 Å². The van der Waals surface area contributed by atoms with E-state index in [0.29, 0.717) is 23.4 Å². The molecule has 0 saturated heterocycles. The lowest BCUT2D eigenvalue weighted by atomic mass is 9.93. The van der Waals surface area contributed by atoms with E-state index in [1.807, 2.05) is 54.6 Å². The van der Waals surface area contributed by atoms with Crippen LogP contribution in [0.4, 0.5) is 5.69 Å². The molecule has 0 saturated carbocycles. The van der Waals surface area contributed by atoms with Gasteiger partial charge in [0.25, 0.3) is 11.8 Å². The van der Waals surface area contributed by atoms with Crippen LogP contribution in [-0.4, -0.2) is 24.7 Å². The van der Waals surface area contributed by atoms with Crippen LogP contribution in [0.5, 0.6) is 5.75 Å². The summed E-state index contributed by atoms with van der Waals surface area (Å²) in [6.45, 7) is 0.337. The molecule has 1 aliphatic heterocycles. The summed E-state index contributed by atoms with van der Waals surface area (Å²) in [4.78, 5) is 38.0.